The summed E-state index contributed by atoms with van der Waals surface area (Å²) in [6.07, 6.45) is 65.5. The van der Waals surface area contributed by atoms with E-state index < -0.39 is 6.10 Å². The summed E-state index contributed by atoms with van der Waals surface area (Å²) < 4.78 is 16.7. The Morgan fingerprint density at radius 3 is 1.18 bits per heavy atom. The van der Waals surface area contributed by atoms with Crippen molar-refractivity contribution in [2.45, 2.75) is 226 Å². The first-order valence-corrected chi connectivity index (χ1v) is 25.3. The number of rotatable bonds is 44. The molecule has 0 amide bonds. The molecule has 0 N–H and O–H groups in total. The highest BCUT2D eigenvalue weighted by atomic mass is 16.6. The number of hydrogen-bond donors (Lipinski definition) is 0. The molecule has 0 aromatic heterocycles. The number of allylic oxidation sites excluding steroid dienone is 16. The molecule has 6 heteroatoms. The van der Waals surface area contributed by atoms with Gasteiger partial charge in [0.25, 0.3) is 0 Å². The molecule has 0 rings (SSSR count). The molecule has 0 heterocycles. The van der Waals surface area contributed by atoms with Crippen LogP contribution in [0.3, 0.4) is 0 Å². The van der Waals surface area contributed by atoms with Crippen molar-refractivity contribution in [3.63, 3.8) is 0 Å². The van der Waals surface area contributed by atoms with Crippen molar-refractivity contribution >= 4 is 17.9 Å². The van der Waals surface area contributed by atoms with Gasteiger partial charge in [0.05, 0.1) is 0 Å². The zero-order valence-corrected chi connectivity index (χ0v) is 40.1. The summed E-state index contributed by atoms with van der Waals surface area (Å²) in [5.74, 6) is -1.01. The predicted molar refractivity (Wildman–Crippen MR) is 265 cm³/mol. The smallest absolute Gasteiger partial charge is 0.306 e. The molecule has 0 aliphatic rings. The fourth-order valence-corrected chi connectivity index (χ4v) is 6.52. The molecule has 0 aromatic carbocycles. The molecule has 0 spiro atoms. The quantitative estimate of drug-likeness (QED) is 0.0200. The SMILES string of the molecule is CC/C=C\C/C=C\C/C=C\C/C=C\C/C=C\CCCCCC(=O)OCC(COC(=O)CCC/C=C\CCCCCC)OC(=O)CCCCC/C=C\C=C/CCCCCCCCC. The van der Waals surface area contributed by atoms with Gasteiger partial charge in [0, 0.05) is 19.3 Å². The zero-order chi connectivity index (χ0) is 45.1. The van der Waals surface area contributed by atoms with Crippen LogP contribution in [0.2, 0.25) is 0 Å². The normalized spacial score (nSPS) is 12.9. The van der Waals surface area contributed by atoms with Crippen molar-refractivity contribution in [1.82, 2.24) is 0 Å². The van der Waals surface area contributed by atoms with E-state index in [1.165, 1.54) is 70.6 Å². The third-order valence-electron chi connectivity index (χ3n) is 10.3. The number of carbonyl (C=O) groups is 3. The second-order valence-electron chi connectivity index (χ2n) is 16.4. The van der Waals surface area contributed by atoms with Gasteiger partial charge in [0.2, 0.25) is 0 Å². The maximum absolute atomic E-state index is 12.8. The number of carbonyl (C=O) groups excluding carboxylic acids is 3. The third-order valence-corrected chi connectivity index (χ3v) is 10.3. The molecule has 0 aliphatic heterocycles. The Hall–Kier alpha value is -3.67. The molecule has 352 valence electrons. The van der Waals surface area contributed by atoms with Gasteiger partial charge in [0.15, 0.2) is 6.10 Å². The highest BCUT2D eigenvalue weighted by Gasteiger charge is 2.19. The van der Waals surface area contributed by atoms with E-state index in [0.29, 0.717) is 19.3 Å². The van der Waals surface area contributed by atoms with E-state index >= 15 is 0 Å². The maximum Gasteiger partial charge on any atom is 0.306 e. The number of ether oxygens (including phenoxy) is 3. The molecule has 1 unspecified atom stereocenters. The molecule has 6 nitrogen and oxygen atoms in total. The lowest BCUT2D eigenvalue weighted by molar-refractivity contribution is -0.167. The van der Waals surface area contributed by atoms with E-state index in [2.05, 4.69) is 118 Å². The second kappa shape index (κ2) is 50.0. The summed E-state index contributed by atoms with van der Waals surface area (Å²) in [7, 11) is 0. The van der Waals surface area contributed by atoms with Gasteiger partial charge in [-0.3, -0.25) is 14.4 Å². The fraction of sp³-hybridized carbons (Fsp3) is 0.661. The summed E-state index contributed by atoms with van der Waals surface area (Å²) in [6, 6.07) is 0. The molecule has 0 radical (unpaired) electrons. The lowest BCUT2D eigenvalue weighted by atomic mass is 10.1. The van der Waals surface area contributed by atoms with Crippen LogP contribution in [0.4, 0.5) is 0 Å². The van der Waals surface area contributed by atoms with Crippen LogP contribution in [-0.2, 0) is 28.6 Å². The zero-order valence-electron chi connectivity index (χ0n) is 40.1. The van der Waals surface area contributed by atoms with Crippen molar-refractivity contribution in [1.29, 1.82) is 0 Å². The van der Waals surface area contributed by atoms with Crippen molar-refractivity contribution in [3.05, 3.63) is 97.2 Å². The average Bonchev–Trinajstić information content (AvgIpc) is 3.27. The molecular formula is C56H92O6. The van der Waals surface area contributed by atoms with Crippen LogP contribution < -0.4 is 0 Å². The Morgan fingerprint density at radius 1 is 0.355 bits per heavy atom. The van der Waals surface area contributed by atoms with Crippen LogP contribution in [0.1, 0.15) is 220 Å². The van der Waals surface area contributed by atoms with Gasteiger partial charge in [-0.05, 0) is 109 Å². The van der Waals surface area contributed by atoms with Gasteiger partial charge in [-0.25, -0.2) is 0 Å². The van der Waals surface area contributed by atoms with Crippen LogP contribution in [-0.4, -0.2) is 37.2 Å². The maximum atomic E-state index is 12.8. The van der Waals surface area contributed by atoms with Crippen LogP contribution in [0.15, 0.2) is 97.2 Å². The molecular weight excluding hydrogens is 769 g/mol. The number of esters is 3. The highest BCUT2D eigenvalue weighted by molar-refractivity contribution is 5.71. The lowest BCUT2D eigenvalue weighted by Gasteiger charge is -2.18. The first kappa shape index (κ1) is 58.3. The molecule has 0 bridgehead atoms. The average molecular weight is 861 g/mol. The Labute approximate surface area is 381 Å². The van der Waals surface area contributed by atoms with Gasteiger partial charge >= 0.3 is 17.9 Å². The number of hydrogen-bond acceptors (Lipinski definition) is 6. The molecule has 0 fully saturated rings. The monoisotopic (exact) mass is 861 g/mol. The minimum atomic E-state index is -0.815. The Balaban J connectivity index is 4.47. The highest BCUT2D eigenvalue weighted by Crippen LogP contribution is 2.12. The minimum Gasteiger partial charge on any atom is -0.462 e. The van der Waals surface area contributed by atoms with E-state index in [1.54, 1.807) is 0 Å². The van der Waals surface area contributed by atoms with Gasteiger partial charge in [-0.2, -0.15) is 0 Å². The molecule has 0 saturated carbocycles. The standard InChI is InChI=1S/C56H92O6/c1-4-7-10-13-16-19-21-23-25-27-28-29-31-32-34-37-40-43-46-49-55(58)61-52-53(51-60-54(57)48-45-42-39-36-18-15-12-9-6-3)62-56(59)50-47-44-41-38-35-33-30-26-24-22-20-17-14-11-8-5-2/h7,10,16,19,23,25-26,28-30,32-36,39,53H,4-6,8-9,11-15,17-18,20-22,24,27,31,37-38,40-52H2,1-3H3/b10-7-,19-16-,25-23-,29-28-,30-26-,34-32-,35-33-,39-36-. The van der Waals surface area contributed by atoms with Crippen LogP contribution in [0, 0.1) is 0 Å². The summed E-state index contributed by atoms with van der Waals surface area (Å²) in [6.45, 7) is 6.39. The number of unbranched alkanes of at least 4 members (excludes halogenated alkanes) is 18. The van der Waals surface area contributed by atoms with Crippen molar-refractivity contribution in [2.24, 2.45) is 0 Å². The van der Waals surface area contributed by atoms with Crippen LogP contribution in [0.25, 0.3) is 0 Å². The molecule has 0 aliphatic carbocycles. The molecule has 0 aromatic rings. The van der Waals surface area contributed by atoms with E-state index in [1.807, 2.05) is 0 Å². The van der Waals surface area contributed by atoms with E-state index in [-0.39, 0.29) is 37.5 Å². The summed E-state index contributed by atoms with van der Waals surface area (Å²) >= 11 is 0. The van der Waals surface area contributed by atoms with Crippen LogP contribution >= 0.6 is 0 Å². The summed E-state index contributed by atoms with van der Waals surface area (Å²) in [4.78, 5) is 37.8. The predicted octanol–water partition coefficient (Wildman–Crippen LogP) is 16.6. The van der Waals surface area contributed by atoms with Crippen LogP contribution in [0.5, 0.6) is 0 Å². The van der Waals surface area contributed by atoms with Crippen molar-refractivity contribution in [3.8, 4) is 0 Å². The Morgan fingerprint density at radius 2 is 0.694 bits per heavy atom. The summed E-state index contributed by atoms with van der Waals surface area (Å²) in [5, 5.41) is 0. The lowest BCUT2D eigenvalue weighted by Crippen LogP contribution is -2.30. The first-order chi connectivity index (χ1) is 30.5. The Bertz CT molecular complexity index is 1260. The van der Waals surface area contributed by atoms with Crippen molar-refractivity contribution < 1.29 is 28.6 Å². The van der Waals surface area contributed by atoms with Gasteiger partial charge in [0.1, 0.15) is 13.2 Å². The van der Waals surface area contributed by atoms with Gasteiger partial charge in [-0.1, -0.05) is 189 Å². The van der Waals surface area contributed by atoms with E-state index in [0.717, 1.165) is 103 Å². The van der Waals surface area contributed by atoms with E-state index in [9.17, 15) is 14.4 Å². The Kier molecular flexibility index (Phi) is 47.0. The largest absolute Gasteiger partial charge is 0.462 e. The van der Waals surface area contributed by atoms with Crippen molar-refractivity contribution in [2.75, 3.05) is 13.2 Å². The minimum absolute atomic E-state index is 0.115. The second-order valence-corrected chi connectivity index (χ2v) is 16.4. The summed E-state index contributed by atoms with van der Waals surface area (Å²) in [5.41, 5.74) is 0. The third kappa shape index (κ3) is 47.4. The molecule has 62 heavy (non-hydrogen) atoms. The van der Waals surface area contributed by atoms with Gasteiger partial charge < -0.3 is 14.2 Å². The fourth-order valence-electron chi connectivity index (χ4n) is 6.52. The van der Waals surface area contributed by atoms with E-state index in [4.69, 9.17) is 14.2 Å². The first-order valence-electron chi connectivity index (χ1n) is 25.3. The molecule has 1 atom stereocenters. The van der Waals surface area contributed by atoms with Gasteiger partial charge in [-0.15, -0.1) is 0 Å². The topological polar surface area (TPSA) is 78.9 Å². The molecule has 0 saturated heterocycles.